The monoisotopic (exact) mass is 682 g/mol. The van der Waals surface area contributed by atoms with Crippen molar-refractivity contribution in [3.05, 3.63) is 96.1 Å². The lowest BCUT2D eigenvalue weighted by Gasteiger charge is -2.34. The fourth-order valence-corrected chi connectivity index (χ4v) is 7.85. The van der Waals surface area contributed by atoms with Crippen LogP contribution in [0.25, 0.3) is 0 Å². The van der Waals surface area contributed by atoms with Crippen molar-refractivity contribution in [2.45, 2.75) is 68.8 Å². The molecule has 0 radical (unpaired) electrons. The first-order valence-corrected chi connectivity index (χ1v) is 17.7. The van der Waals surface area contributed by atoms with Crippen molar-refractivity contribution in [3.8, 4) is 5.75 Å². The van der Waals surface area contributed by atoms with Crippen LogP contribution in [0.3, 0.4) is 0 Å². The zero-order chi connectivity index (χ0) is 34.3. The summed E-state index contributed by atoms with van der Waals surface area (Å²) in [6.07, 6.45) is -2.75. The number of nitrogens with zero attached hydrogens (tertiary/aromatic N) is 1. The zero-order valence-electron chi connectivity index (χ0n) is 27.9. The Balaban J connectivity index is 1.31. The van der Waals surface area contributed by atoms with E-state index in [1.807, 2.05) is 74.5 Å². The fourth-order valence-electron chi connectivity index (χ4n) is 6.23. The Hall–Kier alpha value is -3.52. The van der Waals surface area contributed by atoms with Crippen molar-refractivity contribution in [3.63, 3.8) is 0 Å². The lowest BCUT2D eigenvalue weighted by atomic mass is 9.88. The summed E-state index contributed by atoms with van der Waals surface area (Å²) < 4.78 is 58.0. The van der Waals surface area contributed by atoms with E-state index in [2.05, 4.69) is 5.32 Å². The van der Waals surface area contributed by atoms with E-state index in [0.717, 1.165) is 11.1 Å². The first-order chi connectivity index (χ1) is 23.0. The number of aliphatic hydroxyl groups excluding tert-OH is 1. The number of hydrogen-bond donors (Lipinski definition) is 2. The Morgan fingerprint density at radius 1 is 0.979 bits per heavy atom. The molecule has 0 aromatic heterocycles. The fraction of sp³-hybridized carbons (Fsp3) is 0.472. The van der Waals surface area contributed by atoms with Crippen molar-refractivity contribution >= 4 is 16.1 Å². The number of fused-ring (bicyclic) bond motifs is 1. The highest BCUT2D eigenvalue weighted by Gasteiger charge is 2.58. The lowest BCUT2D eigenvalue weighted by molar-refractivity contribution is -0.0940. The first kappa shape index (κ1) is 35.8. The van der Waals surface area contributed by atoms with Gasteiger partial charge in [0.05, 0.1) is 56.0 Å². The van der Waals surface area contributed by atoms with Crippen molar-refractivity contribution in [1.82, 2.24) is 9.62 Å². The van der Waals surface area contributed by atoms with Gasteiger partial charge in [-0.2, -0.15) is 4.31 Å². The van der Waals surface area contributed by atoms with Gasteiger partial charge in [-0.1, -0.05) is 74.5 Å². The summed E-state index contributed by atoms with van der Waals surface area (Å²) in [5.41, 5.74) is 0.791. The summed E-state index contributed by atoms with van der Waals surface area (Å²) in [5.74, 6) is 0.123. The van der Waals surface area contributed by atoms with Crippen LogP contribution in [0.5, 0.6) is 5.75 Å². The highest BCUT2D eigenvalue weighted by atomic mass is 32.2. The van der Waals surface area contributed by atoms with Gasteiger partial charge in [0, 0.05) is 13.1 Å². The normalized spacial score (nSPS) is 23.5. The van der Waals surface area contributed by atoms with Gasteiger partial charge in [-0.15, -0.1) is 0 Å². The largest absolute Gasteiger partial charge is 0.497 e. The Morgan fingerprint density at radius 3 is 2.25 bits per heavy atom. The Labute approximate surface area is 283 Å². The number of aliphatic hydroxyl groups is 1. The summed E-state index contributed by atoms with van der Waals surface area (Å²) in [5, 5.41) is 14.5. The molecule has 48 heavy (non-hydrogen) atoms. The Morgan fingerprint density at radius 2 is 1.62 bits per heavy atom. The van der Waals surface area contributed by atoms with Crippen LogP contribution in [0.2, 0.25) is 0 Å². The number of amides is 1. The number of carbonyl (C=O) groups excluding carboxylic acids is 1. The molecule has 2 fully saturated rings. The number of carbonyl (C=O) groups is 1. The van der Waals surface area contributed by atoms with E-state index in [0.29, 0.717) is 19.0 Å². The summed E-state index contributed by atoms with van der Waals surface area (Å²) in [4.78, 5) is 13.7. The second kappa shape index (κ2) is 15.8. The van der Waals surface area contributed by atoms with E-state index < -0.39 is 40.2 Å². The average Bonchev–Trinajstić information content (AvgIpc) is 3.64. The van der Waals surface area contributed by atoms with E-state index >= 15 is 0 Å². The topological polar surface area (TPSA) is 133 Å². The first-order valence-electron chi connectivity index (χ1n) is 16.2. The molecule has 0 aliphatic carbocycles. The second-order valence-corrected chi connectivity index (χ2v) is 14.9. The number of rotatable bonds is 15. The molecule has 3 aromatic rings. The van der Waals surface area contributed by atoms with Crippen LogP contribution < -0.4 is 10.1 Å². The standard InChI is InChI=1S/C36H46N2O9S/c1-25(2)20-38(48(41,42)29-17-15-28(43-4)16-18-29)21-31(39)30(19-26-11-7-5-8-12-26)37-35(40)47-36(3)24-46-34-33(36)32(23-45-34)44-22-27-13-9-6-10-14-27/h5-18,25,30-34,39H,19-24H2,1-4H3,(H,37,40). The lowest BCUT2D eigenvalue weighted by Crippen LogP contribution is -2.53. The van der Waals surface area contributed by atoms with Gasteiger partial charge in [0.25, 0.3) is 0 Å². The summed E-state index contributed by atoms with van der Waals surface area (Å²) in [6.45, 7) is 6.29. The molecule has 6 atom stereocenters. The van der Waals surface area contributed by atoms with Gasteiger partial charge in [-0.3, -0.25) is 0 Å². The molecule has 3 aromatic carbocycles. The quantitative estimate of drug-likeness (QED) is 0.240. The molecule has 260 valence electrons. The highest BCUT2D eigenvalue weighted by molar-refractivity contribution is 7.89. The second-order valence-electron chi connectivity index (χ2n) is 13.0. The van der Waals surface area contributed by atoms with Crippen molar-refractivity contribution < 1.29 is 42.0 Å². The van der Waals surface area contributed by atoms with Gasteiger partial charge in [0.15, 0.2) is 6.29 Å². The SMILES string of the molecule is COc1ccc(S(=O)(=O)N(CC(C)C)CC(O)C(Cc2ccccc2)NC(=O)OC2(C)COC3OCC(OCc4ccccc4)C32)cc1. The molecule has 0 spiro atoms. The number of alkyl carbamates (subject to hydrolysis) is 1. The van der Waals surface area contributed by atoms with Crippen LogP contribution in [-0.4, -0.2) is 87.5 Å². The molecule has 2 N–H and O–H groups in total. The highest BCUT2D eigenvalue weighted by Crippen LogP contribution is 2.42. The van der Waals surface area contributed by atoms with Gasteiger partial charge in [0.1, 0.15) is 11.4 Å². The Kier molecular flexibility index (Phi) is 11.8. The minimum atomic E-state index is -3.99. The van der Waals surface area contributed by atoms with Gasteiger partial charge < -0.3 is 34.1 Å². The smallest absolute Gasteiger partial charge is 0.408 e. The van der Waals surface area contributed by atoms with E-state index in [9.17, 15) is 18.3 Å². The van der Waals surface area contributed by atoms with Crippen molar-refractivity contribution in [1.29, 1.82) is 0 Å². The molecule has 0 bridgehead atoms. The number of benzene rings is 3. The molecule has 2 aliphatic heterocycles. The predicted molar refractivity (Wildman–Crippen MR) is 179 cm³/mol. The summed E-state index contributed by atoms with van der Waals surface area (Å²) in [6, 6.07) is 24.4. The third-order valence-electron chi connectivity index (χ3n) is 8.71. The van der Waals surface area contributed by atoms with Gasteiger partial charge >= 0.3 is 6.09 Å². The zero-order valence-corrected chi connectivity index (χ0v) is 28.7. The minimum Gasteiger partial charge on any atom is -0.497 e. The van der Waals surface area contributed by atoms with Crippen LogP contribution in [0.15, 0.2) is 89.8 Å². The van der Waals surface area contributed by atoms with Crippen LogP contribution in [0, 0.1) is 11.8 Å². The van der Waals surface area contributed by atoms with Crippen LogP contribution in [0.1, 0.15) is 31.9 Å². The molecule has 11 nitrogen and oxygen atoms in total. The van der Waals surface area contributed by atoms with Gasteiger partial charge in [-0.05, 0) is 54.7 Å². The maximum Gasteiger partial charge on any atom is 0.408 e. The molecular weight excluding hydrogens is 636 g/mol. The van der Waals surface area contributed by atoms with Crippen molar-refractivity contribution in [2.75, 3.05) is 33.4 Å². The predicted octanol–water partition coefficient (Wildman–Crippen LogP) is 4.39. The number of ether oxygens (including phenoxy) is 5. The molecule has 6 unspecified atom stereocenters. The third kappa shape index (κ3) is 8.73. The maximum atomic E-state index is 13.8. The summed E-state index contributed by atoms with van der Waals surface area (Å²) >= 11 is 0. The molecule has 2 saturated heterocycles. The molecule has 1 amide bonds. The van der Waals surface area contributed by atoms with E-state index in [-0.39, 0.29) is 49.0 Å². The molecule has 2 heterocycles. The van der Waals surface area contributed by atoms with Crippen LogP contribution in [0.4, 0.5) is 4.79 Å². The number of sulfonamides is 1. The van der Waals surface area contributed by atoms with Crippen LogP contribution in [-0.2, 0) is 42.0 Å². The Bertz CT molecular complexity index is 1570. The molecule has 12 heteroatoms. The molecule has 0 saturated carbocycles. The maximum absolute atomic E-state index is 13.8. The van der Waals surface area contributed by atoms with Gasteiger partial charge in [0.2, 0.25) is 10.0 Å². The van der Waals surface area contributed by atoms with E-state index in [1.54, 1.807) is 19.1 Å². The average molecular weight is 683 g/mol. The van der Waals surface area contributed by atoms with Crippen molar-refractivity contribution in [2.24, 2.45) is 11.8 Å². The summed E-state index contributed by atoms with van der Waals surface area (Å²) in [7, 11) is -2.48. The van der Waals surface area contributed by atoms with E-state index in [4.69, 9.17) is 23.7 Å². The molecule has 2 aliphatic rings. The van der Waals surface area contributed by atoms with Gasteiger partial charge in [-0.25, -0.2) is 13.2 Å². The van der Waals surface area contributed by atoms with E-state index in [1.165, 1.54) is 23.5 Å². The molecular formula is C36H46N2O9S. The number of hydrogen-bond acceptors (Lipinski definition) is 9. The number of methoxy groups -OCH3 is 1. The molecule has 5 rings (SSSR count). The minimum absolute atomic E-state index is 0.0309. The third-order valence-corrected chi connectivity index (χ3v) is 10.6. The van der Waals surface area contributed by atoms with Crippen LogP contribution >= 0.6 is 0 Å². The number of nitrogens with one attached hydrogen (secondary N) is 1.